The van der Waals surface area contributed by atoms with Gasteiger partial charge in [0.05, 0.1) is 25.4 Å². The third kappa shape index (κ3) is 3.29. The van der Waals surface area contributed by atoms with E-state index in [4.69, 9.17) is 23.7 Å². The van der Waals surface area contributed by atoms with Crippen molar-refractivity contribution in [3.8, 4) is 0 Å². The first-order chi connectivity index (χ1) is 24.5. The molecule has 4 bridgehead atoms. The van der Waals surface area contributed by atoms with Gasteiger partial charge in [0.25, 0.3) is 0 Å². The molecule has 4 N–H and O–H groups in total. The Kier molecular flexibility index (Phi) is 6.17. The van der Waals surface area contributed by atoms with E-state index in [2.05, 4.69) is 27.7 Å². The molecule has 5 saturated carbocycles. The summed E-state index contributed by atoms with van der Waals surface area (Å²) >= 11 is 0. The Morgan fingerprint density at radius 2 is 1.19 bits per heavy atom. The van der Waals surface area contributed by atoms with Crippen LogP contribution in [0.15, 0.2) is 11.3 Å². The van der Waals surface area contributed by atoms with E-state index in [1.54, 1.807) is 0 Å². The summed E-state index contributed by atoms with van der Waals surface area (Å²) in [5, 5.41) is 47.1. The average Bonchev–Trinajstić information content (AvgIpc) is 3.75. The van der Waals surface area contributed by atoms with E-state index in [0.717, 1.165) is 12.0 Å². The number of carbonyl (C=O) groups is 3. The molecule has 4 saturated heterocycles. The molecule has 0 aromatic heterocycles. The fourth-order valence-electron chi connectivity index (χ4n) is 16.4. The quantitative estimate of drug-likeness (QED) is 0.212. The molecule has 0 amide bonds. The number of aliphatic hydroxyl groups is 4. The number of ketones is 1. The molecule has 11 rings (SSSR count). The Balaban J connectivity index is 1.04. The van der Waals surface area contributed by atoms with E-state index < -0.39 is 117 Å². The summed E-state index contributed by atoms with van der Waals surface area (Å²) in [7, 11) is 0. The zero-order chi connectivity index (χ0) is 36.3. The van der Waals surface area contributed by atoms with Crippen molar-refractivity contribution in [1.29, 1.82) is 0 Å². The minimum Gasteiger partial charge on any atom is -0.482 e. The normalized spacial score (nSPS) is 58.5. The number of rotatable bonds is 0. The highest BCUT2D eigenvalue weighted by atomic mass is 16.6. The van der Waals surface area contributed by atoms with Crippen molar-refractivity contribution in [3.05, 3.63) is 11.3 Å². The van der Waals surface area contributed by atoms with E-state index >= 15 is 4.79 Å². The average molecular weight is 725 g/mol. The third-order valence-corrected chi connectivity index (χ3v) is 17.8. The smallest absolute Gasteiger partial charge is 0.320 e. The highest BCUT2D eigenvalue weighted by Gasteiger charge is 2.85. The first-order valence-electron chi connectivity index (χ1n) is 19.9. The molecule has 11 aliphatic rings. The number of fused-ring (bicyclic) bond motifs is 4. The maximum absolute atomic E-state index is 15.6. The molecule has 284 valence electrons. The lowest BCUT2D eigenvalue weighted by molar-refractivity contribution is -0.258. The number of esters is 2. The number of Topliss-reactive ketones (excluding diaryl/α,β-unsaturated/α-hetero) is 1. The van der Waals surface area contributed by atoms with E-state index in [1.807, 2.05) is 0 Å². The number of carbonyl (C=O) groups excluding carboxylic acids is 3. The van der Waals surface area contributed by atoms with Gasteiger partial charge >= 0.3 is 11.9 Å². The number of hydrogen-bond acceptors (Lipinski definition) is 12. The van der Waals surface area contributed by atoms with Crippen LogP contribution < -0.4 is 0 Å². The highest BCUT2D eigenvalue weighted by Crippen LogP contribution is 2.77. The fourth-order valence-corrected chi connectivity index (χ4v) is 16.4. The fraction of sp³-hybridized carbons (Fsp3) is 0.875. The molecular weight excluding hydrogens is 672 g/mol. The molecule has 17 atom stereocenters. The zero-order valence-electron chi connectivity index (χ0n) is 30.5. The number of ether oxygens (including phenoxy) is 5. The molecule has 5 heterocycles. The van der Waals surface area contributed by atoms with Gasteiger partial charge in [0.1, 0.15) is 28.8 Å². The van der Waals surface area contributed by atoms with Gasteiger partial charge in [-0.25, -0.2) is 0 Å². The van der Waals surface area contributed by atoms with Gasteiger partial charge in [0.15, 0.2) is 24.0 Å². The molecule has 5 spiro atoms. The van der Waals surface area contributed by atoms with Crippen LogP contribution in [0.1, 0.15) is 91.9 Å². The van der Waals surface area contributed by atoms with E-state index in [0.29, 0.717) is 50.7 Å². The van der Waals surface area contributed by atoms with E-state index in [1.165, 1.54) is 0 Å². The molecule has 12 heteroatoms. The Morgan fingerprint density at radius 3 is 1.79 bits per heavy atom. The van der Waals surface area contributed by atoms with Crippen molar-refractivity contribution in [1.82, 2.24) is 0 Å². The molecule has 12 nitrogen and oxygen atoms in total. The van der Waals surface area contributed by atoms with Gasteiger partial charge < -0.3 is 44.1 Å². The Morgan fingerprint density at radius 1 is 0.654 bits per heavy atom. The van der Waals surface area contributed by atoms with Gasteiger partial charge in [-0.3, -0.25) is 14.4 Å². The van der Waals surface area contributed by atoms with Crippen LogP contribution in [0.4, 0.5) is 0 Å². The van der Waals surface area contributed by atoms with Crippen molar-refractivity contribution in [2.75, 3.05) is 13.2 Å². The second kappa shape index (κ2) is 9.64. The molecule has 5 aliphatic heterocycles. The van der Waals surface area contributed by atoms with Crippen molar-refractivity contribution < 1.29 is 58.5 Å². The van der Waals surface area contributed by atoms with Crippen LogP contribution in [0.3, 0.4) is 0 Å². The predicted octanol–water partition coefficient (Wildman–Crippen LogP) is 2.53. The third-order valence-electron chi connectivity index (χ3n) is 17.8. The summed E-state index contributed by atoms with van der Waals surface area (Å²) in [4.78, 5) is 44.8. The van der Waals surface area contributed by atoms with Crippen molar-refractivity contribution >= 4 is 17.7 Å². The first-order valence-corrected chi connectivity index (χ1v) is 19.9. The lowest BCUT2D eigenvalue weighted by Gasteiger charge is -2.63. The minimum atomic E-state index is -1.70. The summed E-state index contributed by atoms with van der Waals surface area (Å²) in [6.45, 7) is 8.59. The van der Waals surface area contributed by atoms with Crippen molar-refractivity contribution in [2.24, 2.45) is 68.0 Å². The summed E-state index contributed by atoms with van der Waals surface area (Å²) in [6.07, 6.45) is -0.750. The summed E-state index contributed by atoms with van der Waals surface area (Å²) < 4.78 is 32.0. The number of allylic oxidation sites excluding steroid dienone is 1. The van der Waals surface area contributed by atoms with Crippen LogP contribution in [-0.4, -0.2) is 94.0 Å². The Labute approximate surface area is 302 Å². The van der Waals surface area contributed by atoms with Gasteiger partial charge in [-0.1, -0.05) is 27.7 Å². The van der Waals surface area contributed by atoms with Crippen LogP contribution in [0, 0.1) is 68.0 Å². The van der Waals surface area contributed by atoms with Gasteiger partial charge in [-0.15, -0.1) is 0 Å². The van der Waals surface area contributed by atoms with Crippen LogP contribution >= 0.6 is 0 Å². The number of aliphatic hydroxyl groups excluding tert-OH is 4. The standard InChI is InChI=1S/C40H52O12/c1-34(2)8-6-22-38(15-48-29(43)26(34)38)24-20(41)11-17-13-36(24,32(46)50-22)28-19(17)5-10-40(52-28)18-12-21(42)25-37(14-18,31(40)45)33(47)51-23-7-9-35(3,4)27-30(44)49-16-39(23,25)27/h17-18,20-27,29-30,41-44H,5-16H2,1-4H3/t17-,18-,20+,21+,22+,23+,24-,25-,26-,27-,29-,30-,36+,37+,38+,39+,40+/m1/s1. The van der Waals surface area contributed by atoms with Crippen LogP contribution in [0.2, 0.25) is 0 Å². The molecule has 9 fully saturated rings. The molecule has 0 aromatic carbocycles. The molecule has 6 aliphatic carbocycles. The second-order valence-corrected chi connectivity index (χ2v) is 20.4. The van der Waals surface area contributed by atoms with E-state index in [-0.39, 0.29) is 37.4 Å². The second-order valence-electron chi connectivity index (χ2n) is 20.4. The van der Waals surface area contributed by atoms with Crippen molar-refractivity contribution in [3.63, 3.8) is 0 Å². The topological polar surface area (TPSA) is 178 Å². The van der Waals surface area contributed by atoms with Crippen LogP contribution in [0.5, 0.6) is 0 Å². The molecule has 52 heavy (non-hydrogen) atoms. The molecule has 0 radical (unpaired) electrons. The SMILES string of the molecule is CC1(C)CC[C@@H]2OC(=O)[C@@]34C[C@@H](C[C@H](O)[C@H]3[C@]23CO[C@@H](O)[C@H]13)[C@@]1(CCC2=C(O1)[C@]13C[C@H]2C[C@H](O)[C@H]1[C@@]12CO[C@@H](O)[C@@H]1C(C)(C)CC[C@@H]2OC3=O)C4=O. The molecule has 0 aromatic rings. The lowest BCUT2D eigenvalue weighted by Crippen LogP contribution is -2.71. The zero-order valence-corrected chi connectivity index (χ0v) is 30.5. The van der Waals surface area contributed by atoms with Crippen LogP contribution in [0.25, 0.3) is 0 Å². The minimum absolute atomic E-state index is 0.0790. The largest absolute Gasteiger partial charge is 0.482 e. The maximum atomic E-state index is 15.6. The van der Waals surface area contributed by atoms with Crippen LogP contribution in [-0.2, 0) is 38.1 Å². The number of hydrogen-bond donors (Lipinski definition) is 4. The van der Waals surface area contributed by atoms with Crippen molar-refractivity contribution in [2.45, 2.75) is 135 Å². The van der Waals surface area contributed by atoms with Gasteiger partial charge in [-0.2, -0.15) is 0 Å². The molecular formula is C40H52O12. The summed E-state index contributed by atoms with van der Waals surface area (Å²) in [6, 6.07) is 0. The Bertz CT molecular complexity index is 1740. The predicted molar refractivity (Wildman–Crippen MR) is 176 cm³/mol. The van der Waals surface area contributed by atoms with Gasteiger partial charge in [-0.05, 0) is 86.5 Å². The summed E-state index contributed by atoms with van der Waals surface area (Å²) in [5.41, 5.74) is -6.22. The lowest BCUT2D eigenvalue weighted by atomic mass is 9.43. The van der Waals surface area contributed by atoms with Gasteiger partial charge in [0.2, 0.25) is 0 Å². The maximum Gasteiger partial charge on any atom is 0.320 e. The molecule has 0 unspecified atom stereocenters. The van der Waals surface area contributed by atoms with E-state index in [9.17, 15) is 30.0 Å². The summed E-state index contributed by atoms with van der Waals surface area (Å²) in [5.74, 6) is -4.08. The van der Waals surface area contributed by atoms with Gasteiger partial charge in [0, 0.05) is 40.4 Å². The monoisotopic (exact) mass is 724 g/mol. The highest BCUT2D eigenvalue weighted by molar-refractivity contribution is 6.11. The first kappa shape index (κ1) is 33.3. The Hall–Kier alpha value is -2.09.